The molecule has 0 aliphatic carbocycles. The van der Waals surface area contributed by atoms with Crippen LogP contribution in [-0.4, -0.2) is 49.8 Å². The Morgan fingerprint density at radius 2 is 1.55 bits per heavy atom. The van der Waals surface area contributed by atoms with Gasteiger partial charge in [-0.25, -0.2) is 9.78 Å². The minimum absolute atomic E-state index is 0.160. The van der Waals surface area contributed by atoms with Gasteiger partial charge >= 0.3 is 5.97 Å². The summed E-state index contributed by atoms with van der Waals surface area (Å²) in [7, 11) is 0. The van der Waals surface area contributed by atoms with E-state index in [-0.39, 0.29) is 23.9 Å². The highest BCUT2D eigenvalue weighted by Crippen LogP contribution is 2.47. The Bertz CT molecular complexity index is 1880. The van der Waals surface area contributed by atoms with Crippen molar-refractivity contribution >= 4 is 52.6 Å². The van der Waals surface area contributed by atoms with Crippen LogP contribution in [0.4, 0.5) is 0 Å². The number of aromatic nitrogens is 2. The molecule has 0 unspecified atom stereocenters. The number of pyridine rings is 1. The van der Waals surface area contributed by atoms with Gasteiger partial charge in [0.15, 0.2) is 10.4 Å². The van der Waals surface area contributed by atoms with Crippen molar-refractivity contribution < 1.29 is 19.1 Å². The molecule has 0 saturated carbocycles. The summed E-state index contributed by atoms with van der Waals surface area (Å²) in [6.45, 7) is 0. The third kappa shape index (κ3) is 6.73. The van der Waals surface area contributed by atoms with Gasteiger partial charge in [0.2, 0.25) is 5.91 Å². The smallest absolute Gasteiger partial charge is 0.356 e. The van der Waals surface area contributed by atoms with E-state index >= 15 is 0 Å². The molecule has 2 aliphatic rings. The van der Waals surface area contributed by atoms with Crippen molar-refractivity contribution in [2.45, 2.75) is 28.3 Å². The molecule has 0 bridgehead atoms. The second-order valence-electron chi connectivity index (χ2n) is 10.8. The largest absolute Gasteiger partial charge is 0.448 e. The van der Waals surface area contributed by atoms with E-state index in [2.05, 4.69) is 10.3 Å². The molecule has 234 valence electrons. The maximum absolute atomic E-state index is 14.3. The summed E-state index contributed by atoms with van der Waals surface area (Å²) in [5.41, 5.74) is 4.42. The van der Waals surface area contributed by atoms with Crippen LogP contribution in [0.3, 0.4) is 0 Å². The maximum Gasteiger partial charge on any atom is 0.356 e. The Morgan fingerprint density at radius 1 is 0.915 bits per heavy atom. The average Bonchev–Trinajstić information content (AvgIpc) is 3.59. The van der Waals surface area contributed by atoms with E-state index in [1.54, 1.807) is 12.4 Å². The zero-order valence-electron chi connectivity index (χ0n) is 24.9. The summed E-state index contributed by atoms with van der Waals surface area (Å²) < 4.78 is 7.01. The molecule has 0 radical (unpaired) electrons. The first-order valence-corrected chi connectivity index (χ1v) is 17.7. The second kappa shape index (κ2) is 14.0. The zero-order valence-corrected chi connectivity index (χ0v) is 27.3. The predicted octanol–water partition coefficient (Wildman–Crippen LogP) is 6.48. The lowest BCUT2D eigenvalue weighted by atomic mass is 10.0. The molecular weight excluding hydrogens is 649 g/mol. The van der Waals surface area contributed by atoms with Gasteiger partial charge in [-0.05, 0) is 28.8 Å². The molecule has 5 aromatic rings. The SMILES string of the molecule is O=C(Cc1ccccc1)N[C@@H]1C(=O)N2C(C(=O)OC(c3ccccc3)c3ccccc3)=C(Sc3nc(-c4ccncc4)cs3)CS[C@H]12. The summed E-state index contributed by atoms with van der Waals surface area (Å²) >= 11 is 4.34. The van der Waals surface area contributed by atoms with Gasteiger partial charge in [0, 0.05) is 34.0 Å². The minimum atomic E-state index is -0.747. The van der Waals surface area contributed by atoms with Crippen LogP contribution < -0.4 is 5.32 Å². The number of thiazole rings is 1. The molecule has 4 heterocycles. The van der Waals surface area contributed by atoms with Crippen molar-refractivity contribution in [2.75, 3.05) is 5.75 Å². The molecular formula is C36H28N4O4S3. The van der Waals surface area contributed by atoms with Gasteiger partial charge in [-0.1, -0.05) is 103 Å². The van der Waals surface area contributed by atoms with E-state index in [1.807, 2.05) is 109 Å². The van der Waals surface area contributed by atoms with Crippen molar-refractivity contribution in [1.29, 1.82) is 0 Å². The standard InChI is InChI=1S/C36H28N4O4S3/c41-29(20-23-10-4-1-5-11-23)39-30-33(42)40-31(35(43)44-32(25-12-6-2-7-13-25)26-14-8-3-9-15-26)28(22-45-34(30)40)47-36-38-27(21-46-36)24-16-18-37-19-17-24/h1-19,21,30,32,34H,20,22H2,(H,39,41)/t30-,34-/m1/s1. The molecule has 47 heavy (non-hydrogen) atoms. The van der Waals surface area contributed by atoms with E-state index in [0.29, 0.717) is 10.7 Å². The van der Waals surface area contributed by atoms with Crippen LogP contribution in [0.25, 0.3) is 11.3 Å². The zero-order chi connectivity index (χ0) is 32.2. The Kier molecular flexibility index (Phi) is 9.18. The first kappa shape index (κ1) is 30.9. The lowest BCUT2D eigenvalue weighted by molar-refractivity contribution is -0.154. The van der Waals surface area contributed by atoms with Crippen LogP contribution >= 0.6 is 34.9 Å². The number of β-lactam (4-membered cyclic amide) rings is 1. The first-order chi connectivity index (χ1) is 23.0. The quantitative estimate of drug-likeness (QED) is 0.133. The summed E-state index contributed by atoms with van der Waals surface area (Å²) in [4.78, 5) is 52.0. The van der Waals surface area contributed by atoms with Gasteiger partial charge in [-0.2, -0.15) is 0 Å². The maximum atomic E-state index is 14.3. The normalized spacial score (nSPS) is 17.2. The molecule has 2 amide bonds. The lowest BCUT2D eigenvalue weighted by Gasteiger charge is -2.49. The molecule has 1 saturated heterocycles. The van der Waals surface area contributed by atoms with Crippen LogP contribution in [0.5, 0.6) is 0 Å². The van der Waals surface area contributed by atoms with Crippen molar-refractivity contribution in [3.05, 3.63) is 148 Å². The van der Waals surface area contributed by atoms with Crippen LogP contribution in [0, 0.1) is 0 Å². The Balaban J connectivity index is 1.18. The molecule has 1 fully saturated rings. The van der Waals surface area contributed by atoms with Crippen molar-refractivity contribution in [1.82, 2.24) is 20.2 Å². The number of nitrogens with zero attached hydrogens (tertiary/aromatic N) is 3. The Morgan fingerprint density at radius 3 is 2.21 bits per heavy atom. The minimum Gasteiger partial charge on any atom is -0.448 e. The molecule has 2 aliphatic heterocycles. The number of hydrogen-bond acceptors (Lipinski definition) is 9. The number of carbonyl (C=O) groups is 3. The number of esters is 1. The summed E-state index contributed by atoms with van der Waals surface area (Å²) in [6, 6.07) is 31.5. The fourth-order valence-electron chi connectivity index (χ4n) is 5.48. The number of thioether (sulfide) groups is 2. The highest BCUT2D eigenvalue weighted by molar-refractivity contribution is 8.07. The van der Waals surface area contributed by atoms with Crippen molar-refractivity contribution in [3.63, 3.8) is 0 Å². The molecule has 1 N–H and O–H groups in total. The van der Waals surface area contributed by atoms with Crippen molar-refractivity contribution in [3.8, 4) is 11.3 Å². The van der Waals surface area contributed by atoms with Gasteiger partial charge in [0.1, 0.15) is 17.1 Å². The molecule has 8 nitrogen and oxygen atoms in total. The number of amides is 2. The van der Waals surface area contributed by atoms with E-state index in [1.165, 1.54) is 39.8 Å². The molecule has 3 aromatic carbocycles. The average molecular weight is 677 g/mol. The molecule has 7 rings (SSSR count). The van der Waals surface area contributed by atoms with Crippen LogP contribution in [0.1, 0.15) is 22.8 Å². The van der Waals surface area contributed by atoms with E-state index in [9.17, 15) is 14.4 Å². The molecule has 11 heteroatoms. The predicted molar refractivity (Wildman–Crippen MR) is 184 cm³/mol. The number of fused-ring (bicyclic) bond motifs is 1. The highest BCUT2D eigenvalue weighted by Gasteiger charge is 2.55. The first-order valence-electron chi connectivity index (χ1n) is 14.9. The van der Waals surface area contributed by atoms with Gasteiger partial charge < -0.3 is 10.1 Å². The van der Waals surface area contributed by atoms with E-state index < -0.39 is 23.5 Å². The molecule has 2 aromatic heterocycles. The lowest BCUT2D eigenvalue weighted by Crippen LogP contribution is -2.70. The van der Waals surface area contributed by atoms with Crippen LogP contribution in [-0.2, 0) is 25.5 Å². The van der Waals surface area contributed by atoms with Crippen LogP contribution in [0.15, 0.2) is 136 Å². The third-order valence-corrected chi connectivity index (χ3v) is 11.2. The van der Waals surface area contributed by atoms with Crippen molar-refractivity contribution in [2.24, 2.45) is 0 Å². The summed E-state index contributed by atoms with van der Waals surface area (Å²) in [5, 5.41) is 4.43. The Labute approximate surface area is 284 Å². The Hall–Kier alpha value is -4.71. The number of ether oxygens (including phenoxy) is 1. The summed E-state index contributed by atoms with van der Waals surface area (Å²) in [6.07, 6.45) is 2.91. The fraction of sp³-hybridized carbons (Fsp3) is 0.139. The fourth-order valence-corrected chi connectivity index (χ4v) is 8.93. The van der Waals surface area contributed by atoms with E-state index in [0.717, 1.165) is 32.3 Å². The number of carbonyl (C=O) groups excluding carboxylic acids is 3. The second-order valence-corrected chi connectivity index (χ2v) is 14.1. The number of rotatable bonds is 10. The van der Waals surface area contributed by atoms with Crippen LogP contribution in [0.2, 0.25) is 0 Å². The van der Waals surface area contributed by atoms with Gasteiger partial charge in [0.05, 0.1) is 12.1 Å². The summed E-state index contributed by atoms with van der Waals surface area (Å²) in [5.74, 6) is -0.757. The monoisotopic (exact) mass is 676 g/mol. The number of hydrogen-bond donors (Lipinski definition) is 1. The highest BCUT2D eigenvalue weighted by atomic mass is 32.2. The molecule has 0 spiro atoms. The van der Waals surface area contributed by atoms with E-state index in [4.69, 9.17) is 9.72 Å². The van der Waals surface area contributed by atoms with Gasteiger partial charge in [0.25, 0.3) is 5.91 Å². The van der Waals surface area contributed by atoms with Gasteiger partial charge in [-0.15, -0.1) is 23.1 Å². The molecule has 2 atom stereocenters. The van der Waals surface area contributed by atoms with Gasteiger partial charge in [-0.3, -0.25) is 19.5 Å². The third-order valence-electron chi connectivity index (χ3n) is 7.75. The number of nitrogens with one attached hydrogen (secondary N) is 1. The topological polar surface area (TPSA) is 101 Å². The number of benzene rings is 3.